The summed E-state index contributed by atoms with van der Waals surface area (Å²) in [6, 6.07) is 5.77. The van der Waals surface area contributed by atoms with Gasteiger partial charge in [-0.3, -0.25) is 4.79 Å². The maximum absolute atomic E-state index is 11.4. The van der Waals surface area contributed by atoms with E-state index in [9.17, 15) is 9.59 Å². The summed E-state index contributed by atoms with van der Waals surface area (Å²) in [6.45, 7) is 5.51. The first-order chi connectivity index (χ1) is 7.49. The fraction of sp³-hybridized carbons (Fsp3) is 0.385. The lowest BCUT2D eigenvalue weighted by Crippen LogP contribution is -2.12. The van der Waals surface area contributed by atoms with Crippen molar-refractivity contribution in [2.45, 2.75) is 33.6 Å². The van der Waals surface area contributed by atoms with Gasteiger partial charge in [0.15, 0.2) is 0 Å². The molecule has 86 valence electrons. The quantitative estimate of drug-likeness (QED) is 0.846. The number of hydrogen-bond donors (Lipinski definition) is 1. The average molecular weight is 219 g/mol. The van der Waals surface area contributed by atoms with E-state index in [4.69, 9.17) is 0 Å². The van der Waals surface area contributed by atoms with Crippen LogP contribution in [0.1, 0.15) is 30.9 Å². The highest BCUT2D eigenvalue weighted by Crippen LogP contribution is 2.14. The molecular formula is C13H17NO2. The standard InChI is InChI=1S/C13H17NO2/c1-9-4-6-12(8-10(9)2)14-13(16)7-5-11(3)15/h4,6,8H,5,7H2,1-3H3,(H,14,16). The minimum absolute atomic E-state index is 0.0373. The highest BCUT2D eigenvalue weighted by Gasteiger charge is 2.04. The molecule has 3 nitrogen and oxygen atoms in total. The molecule has 0 saturated carbocycles. The maximum Gasteiger partial charge on any atom is 0.224 e. The zero-order valence-electron chi connectivity index (χ0n) is 9.96. The molecule has 1 aromatic rings. The lowest BCUT2D eigenvalue weighted by molar-refractivity contribution is -0.121. The van der Waals surface area contributed by atoms with Gasteiger partial charge in [0.2, 0.25) is 5.91 Å². The number of aryl methyl sites for hydroxylation is 2. The largest absolute Gasteiger partial charge is 0.326 e. The third kappa shape index (κ3) is 3.85. The number of carbonyl (C=O) groups excluding carboxylic acids is 2. The molecule has 0 atom stereocenters. The number of benzene rings is 1. The van der Waals surface area contributed by atoms with Crippen LogP contribution in [0.4, 0.5) is 5.69 Å². The van der Waals surface area contributed by atoms with Crippen molar-refractivity contribution in [2.75, 3.05) is 5.32 Å². The minimum Gasteiger partial charge on any atom is -0.326 e. The zero-order chi connectivity index (χ0) is 12.1. The van der Waals surface area contributed by atoms with Crippen molar-refractivity contribution in [3.63, 3.8) is 0 Å². The van der Waals surface area contributed by atoms with Crippen molar-refractivity contribution < 1.29 is 9.59 Å². The molecule has 16 heavy (non-hydrogen) atoms. The third-order valence-corrected chi connectivity index (χ3v) is 2.49. The fourth-order valence-electron chi connectivity index (χ4n) is 1.33. The summed E-state index contributed by atoms with van der Waals surface area (Å²) in [6.07, 6.45) is 0.554. The van der Waals surface area contributed by atoms with Crippen molar-refractivity contribution in [1.29, 1.82) is 0 Å². The van der Waals surface area contributed by atoms with Crippen LogP contribution in [-0.2, 0) is 9.59 Å². The number of anilines is 1. The molecule has 0 aromatic heterocycles. The summed E-state index contributed by atoms with van der Waals surface area (Å²) < 4.78 is 0. The third-order valence-electron chi connectivity index (χ3n) is 2.49. The lowest BCUT2D eigenvalue weighted by atomic mass is 10.1. The number of hydrogen-bond acceptors (Lipinski definition) is 2. The van der Waals surface area contributed by atoms with E-state index in [1.165, 1.54) is 12.5 Å². The molecule has 3 heteroatoms. The summed E-state index contributed by atoms with van der Waals surface area (Å²) in [4.78, 5) is 22.2. The first kappa shape index (κ1) is 12.4. The summed E-state index contributed by atoms with van der Waals surface area (Å²) >= 11 is 0. The van der Waals surface area contributed by atoms with Gasteiger partial charge in [-0.1, -0.05) is 6.07 Å². The Labute approximate surface area is 95.9 Å². The molecule has 1 amide bonds. The molecule has 0 aliphatic heterocycles. The average Bonchev–Trinajstić information content (AvgIpc) is 2.21. The van der Waals surface area contributed by atoms with E-state index in [1.807, 2.05) is 32.0 Å². The van der Waals surface area contributed by atoms with Crippen molar-refractivity contribution in [2.24, 2.45) is 0 Å². The van der Waals surface area contributed by atoms with Gasteiger partial charge in [-0.05, 0) is 44.0 Å². The Hall–Kier alpha value is -1.64. The van der Waals surface area contributed by atoms with Crippen LogP contribution in [0.2, 0.25) is 0 Å². The van der Waals surface area contributed by atoms with Crippen molar-refractivity contribution in [3.8, 4) is 0 Å². The van der Waals surface area contributed by atoms with Gasteiger partial charge >= 0.3 is 0 Å². The van der Waals surface area contributed by atoms with Crippen LogP contribution >= 0.6 is 0 Å². The molecule has 1 rings (SSSR count). The molecule has 1 N–H and O–H groups in total. The molecule has 0 spiro atoms. The summed E-state index contributed by atoms with van der Waals surface area (Å²) in [7, 11) is 0. The fourth-order valence-corrected chi connectivity index (χ4v) is 1.33. The lowest BCUT2D eigenvalue weighted by Gasteiger charge is -2.07. The van der Waals surface area contributed by atoms with E-state index < -0.39 is 0 Å². The Balaban J connectivity index is 2.56. The predicted octanol–water partition coefficient (Wildman–Crippen LogP) is 2.61. The maximum atomic E-state index is 11.4. The molecule has 0 heterocycles. The van der Waals surface area contributed by atoms with Crippen LogP contribution < -0.4 is 5.32 Å². The molecule has 0 radical (unpaired) electrons. The Bertz CT molecular complexity index is 410. The molecule has 0 saturated heterocycles. The first-order valence-electron chi connectivity index (χ1n) is 5.35. The first-order valence-corrected chi connectivity index (χ1v) is 5.35. The van der Waals surface area contributed by atoms with Gasteiger partial charge in [0, 0.05) is 18.5 Å². The molecule has 1 aromatic carbocycles. The number of carbonyl (C=O) groups is 2. The van der Waals surface area contributed by atoms with E-state index in [2.05, 4.69) is 5.32 Å². The Morgan fingerprint density at radius 1 is 1.12 bits per heavy atom. The topological polar surface area (TPSA) is 46.2 Å². The second kappa shape index (κ2) is 5.45. The summed E-state index contributed by atoms with van der Waals surface area (Å²) in [5.41, 5.74) is 3.13. The van der Waals surface area contributed by atoms with E-state index in [-0.39, 0.29) is 18.1 Å². The van der Waals surface area contributed by atoms with Crippen LogP contribution in [0.25, 0.3) is 0 Å². The monoisotopic (exact) mass is 219 g/mol. The number of nitrogens with one attached hydrogen (secondary N) is 1. The Morgan fingerprint density at radius 2 is 1.81 bits per heavy atom. The van der Waals surface area contributed by atoms with Crippen LogP contribution in [0, 0.1) is 13.8 Å². The molecule has 0 aliphatic rings. The van der Waals surface area contributed by atoms with Crippen LogP contribution in [0.15, 0.2) is 18.2 Å². The van der Waals surface area contributed by atoms with Crippen LogP contribution in [-0.4, -0.2) is 11.7 Å². The molecule has 0 fully saturated rings. The molecule has 0 bridgehead atoms. The van der Waals surface area contributed by atoms with Crippen molar-refractivity contribution >= 4 is 17.4 Å². The van der Waals surface area contributed by atoms with Crippen molar-refractivity contribution in [3.05, 3.63) is 29.3 Å². The van der Waals surface area contributed by atoms with Gasteiger partial charge in [-0.25, -0.2) is 0 Å². The van der Waals surface area contributed by atoms with Gasteiger partial charge in [-0.15, -0.1) is 0 Å². The minimum atomic E-state index is -0.113. The second-order valence-electron chi connectivity index (χ2n) is 4.05. The second-order valence-corrected chi connectivity index (χ2v) is 4.05. The Morgan fingerprint density at radius 3 is 2.38 bits per heavy atom. The van der Waals surface area contributed by atoms with Crippen LogP contribution in [0.5, 0.6) is 0 Å². The molecule has 0 aliphatic carbocycles. The predicted molar refractivity (Wildman–Crippen MR) is 64.5 cm³/mol. The van der Waals surface area contributed by atoms with Gasteiger partial charge < -0.3 is 10.1 Å². The van der Waals surface area contributed by atoms with Gasteiger partial charge in [0.05, 0.1) is 0 Å². The molecule has 0 unspecified atom stereocenters. The van der Waals surface area contributed by atoms with E-state index in [0.717, 1.165) is 11.3 Å². The van der Waals surface area contributed by atoms with Gasteiger partial charge in [-0.2, -0.15) is 0 Å². The number of Topliss-reactive ketones (excluding diaryl/α,β-unsaturated/α-hetero) is 1. The highest BCUT2D eigenvalue weighted by atomic mass is 16.2. The Kier molecular flexibility index (Phi) is 4.23. The van der Waals surface area contributed by atoms with Crippen molar-refractivity contribution in [1.82, 2.24) is 0 Å². The highest BCUT2D eigenvalue weighted by molar-refractivity contribution is 5.93. The number of ketones is 1. The van der Waals surface area contributed by atoms with E-state index in [1.54, 1.807) is 0 Å². The van der Waals surface area contributed by atoms with Gasteiger partial charge in [0.25, 0.3) is 0 Å². The van der Waals surface area contributed by atoms with E-state index >= 15 is 0 Å². The SMILES string of the molecule is CC(=O)CCC(=O)Nc1ccc(C)c(C)c1. The van der Waals surface area contributed by atoms with Crippen LogP contribution in [0.3, 0.4) is 0 Å². The number of amides is 1. The zero-order valence-corrected chi connectivity index (χ0v) is 9.96. The number of rotatable bonds is 4. The summed E-state index contributed by atoms with van der Waals surface area (Å²) in [5, 5.41) is 2.77. The molecular weight excluding hydrogens is 202 g/mol. The smallest absolute Gasteiger partial charge is 0.224 e. The van der Waals surface area contributed by atoms with E-state index in [0.29, 0.717) is 6.42 Å². The summed E-state index contributed by atoms with van der Waals surface area (Å²) in [5.74, 6) is -0.0753. The normalized spacial score (nSPS) is 9.94. The van der Waals surface area contributed by atoms with Gasteiger partial charge in [0.1, 0.15) is 5.78 Å².